The van der Waals surface area contributed by atoms with E-state index in [0.29, 0.717) is 0 Å². The molecule has 0 radical (unpaired) electrons. The van der Waals surface area contributed by atoms with Gasteiger partial charge < -0.3 is 8.98 Å². The Morgan fingerprint density at radius 1 is 0.351 bits per heavy atom. The molecule has 0 spiro atoms. The number of rotatable bonds is 5. The van der Waals surface area contributed by atoms with Gasteiger partial charge in [0.15, 0.2) is 0 Å². The monoisotopic (exact) mass is 743 g/mol. The highest BCUT2D eigenvalue weighted by atomic mass is 32.1. The summed E-state index contributed by atoms with van der Waals surface area (Å²) in [6.07, 6.45) is 0. The Kier molecular flexibility index (Phi) is 7.13. The predicted octanol–water partition coefficient (Wildman–Crippen LogP) is 15.7. The Morgan fingerprint density at radius 3 is 1.60 bits per heavy atom. The third-order valence-electron chi connectivity index (χ3n) is 11.6. The van der Waals surface area contributed by atoms with Crippen LogP contribution < -0.4 is 0 Å². The minimum atomic E-state index is 0.909. The summed E-state index contributed by atoms with van der Waals surface area (Å²) in [6.45, 7) is 0. The van der Waals surface area contributed by atoms with Gasteiger partial charge in [-0.05, 0) is 75.3 Å². The number of benzene rings is 9. The molecule has 0 aliphatic rings. The summed E-state index contributed by atoms with van der Waals surface area (Å²) in [5.41, 5.74) is 15.0. The lowest BCUT2D eigenvalue weighted by molar-refractivity contribution is 0.670. The second-order valence-corrected chi connectivity index (χ2v) is 15.8. The summed E-state index contributed by atoms with van der Waals surface area (Å²) >= 11 is 1.89. The summed E-state index contributed by atoms with van der Waals surface area (Å²) in [6, 6.07) is 72.5. The largest absolute Gasteiger partial charge is 0.455 e. The molecule has 3 aromatic heterocycles. The number of aromatic nitrogens is 1. The molecule has 2 nitrogen and oxygen atoms in total. The van der Waals surface area contributed by atoms with Crippen molar-refractivity contribution in [2.24, 2.45) is 0 Å². The first-order valence-corrected chi connectivity index (χ1v) is 20.2. The van der Waals surface area contributed by atoms with Gasteiger partial charge in [0.1, 0.15) is 11.2 Å². The maximum absolute atomic E-state index is 6.65. The molecule has 0 N–H and O–H groups in total. The Hall–Kier alpha value is -7.20. The Balaban J connectivity index is 1.17. The Morgan fingerprint density at radius 2 is 0.912 bits per heavy atom. The molecule has 3 heterocycles. The molecule has 0 saturated heterocycles. The first-order chi connectivity index (χ1) is 28.3. The van der Waals surface area contributed by atoms with Crippen molar-refractivity contribution in [3.05, 3.63) is 200 Å². The van der Waals surface area contributed by atoms with Crippen molar-refractivity contribution in [2.45, 2.75) is 0 Å². The van der Waals surface area contributed by atoms with Gasteiger partial charge in [-0.3, -0.25) is 0 Å². The van der Waals surface area contributed by atoms with Crippen molar-refractivity contribution in [3.8, 4) is 50.2 Å². The molecule has 12 aromatic rings. The zero-order valence-electron chi connectivity index (χ0n) is 30.8. The first-order valence-electron chi connectivity index (χ1n) is 19.4. The third-order valence-corrected chi connectivity index (χ3v) is 12.9. The molecule has 266 valence electrons. The highest BCUT2D eigenvalue weighted by Crippen LogP contribution is 2.49. The van der Waals surface area contributed by atoms with E-state index in [2.05, 4.69) is 199 Å². The van der Waals surface area contributed by atoms with Gasteiger partial charge in [-0.2, -0.15) is 0 Å². The maximum atomic E-state index is 6.65. The summed E-state index contributed by atoms with van der Waals surface area (Å²) in [5, 5.41) is 7.25. The van der Waals surface area contributed by atoms with Gasteiger partial charge in [0, 0.05) is 42.6 Å². The van der Waals surface area contributed by atoms with Crippen molar-refractivity contribution >= 4 is 75.3 Å². The zero-order chi connectivity index (χ0) is 37.5. The normalized spacial score (nSPS) is 11.9. The van der Waals surface area contributed by atoms with Crippen LogP contribution in [0.2, 0.25) is 0 Å². The van der Waals surface area contributed by atoms with Crippen LogP contribution in [-0.4, -0.2) is 4.57 Å². The van der Waals surface area contributed by atoms with E-state index in [-0.39, 0.29) is 0 Å². The Bertz CT molecular complexity index is 3400. The molecule has 57 heavy (non-hydrogen) atoms. The number of nitrogens with zero attached hydrogens (tertiary/aromatic N) is 1. The van der Waals surface area contributed by atoms with Crippen molar-refractivity contribution in [1.82, 2.24) is 4.57 Å². The molecular formula is C54H33NOS. The topological polar surface area (TPSA) is 18.1 Å². The van der Waals surface area contributed by atoms with Gasteiger partial charge in [-0.15, -0.1) is 11.3 Å². The highest BCUT2D eigenvalue weighted by molar-refractivity contribution is 7.27. The van der Waals surface area contributed by atoms with Crippen LogP contribution in [0.4, 0.5) is 0 Å². The van der Waals surface area contributed by atoms with Crippen LogP contribution in [0, 0.1) is 0 Å². The lowest BCUT2D eigenvalue weighted by Crippen LogP contribution is -1.94. The first kappa shape index (κ1) is 32.1. The highest BCUT2D eigenvalue weighted by Gasteiger charge is 2.22. The van der Waals surface area contributed by atoms with Crippen LogP contribution >= 0.6 is 11.3 Å². The fraction of sp³-hybridized carbons (Fsp3) is 0. The number of furan rings is 1. The number of hydrogen-bond donors (Lipinski definition) is 0. The van der Waals surface area contributed by atoms with Crippen molar-refractivity contribution in [2.75, 3.05) is 0 Å². The van der Waals surface area contributed by atoms with Crippen LogP contribution in [0.5, 0.6) is 0 Å². The van der Waals surface area contributed by atoms with Crippen LogP contribution in [-0.2, 0) is 0 Å². The predicted molar refractivity (Wildman–Crippen MR) is 243 cm³/mol. The van der Waals surface area contributed by atoms with E-state index in [0.717, 1.165) is 27.5 Å². The molecular weight excluding hydrogens is 711 g/mol. The van der Waals surface area contributed by atoms with Crippen molar-refractivity contribution < 1.29 is 4.42 Å². The maximum Gasteiger partial charge on any atom is 0.143 e. The van der Waals surface area contributed by atoms with Gasteiger partial charge >= 0.3 is 0 Å². The van der Waals surface area contributed by atoms with E-state index < -0.39 is 0 Å². The van der Waals surface area contributed by atoms with E-state index >= 15 is 0 Å². The SMILES string of the molecule is c1ccc(-c2ccc3c(c2)c2cc(-c4ccccc4)ccc2n3-c2cccc3c2sc2c(-c4ccccc4)ccc(-c4cccc5c4oc4ccccc45)c23)cc1. The molecule has 0 amide bonds. The smallest absolute Gasteiger partial charge is 0.143 e. The molecule has 0 saturated carbocycles. The second-order valence-electron chi connectivity index (χ2n) is 14.8. The lowest BCUT2D eigenvalue weighted by Gasteiger charge is -2.11. The van der Waals surface area contributed by atoms with E-state index in [9.17, 15) is 0 Å². The number of fused-ring (bicyclic) bond motifs is 9. The summed E-state index contributed by atoms with van der Waals surface area (Å²) in [4.78, 5) is 0. The second kappa shape index (κ2) is 12.7. The van der Waals surface area contributed by atoms with Crippen molar-refractivity contribution in [1.29, 1.82) is 0 Å². The zero-order valence-corrected chi connectivity index (χ0v) is 31.6. The van der Waals surface area contributed by atoms with Crippen LogP contribution in [0.3, 0.4) is 0 Å². The molecule has 0 bridgehead atoms. The molecule has 0 aliphatic heterocycles. The molecule has 12 rings (SSSR count). The van der Waals surface area contributed by atoms with Gasteiger partial charge in [0.05, 0.1) is 21.4 Å². The lowest BCUT2D eigenvalue weighted by atomic mass is 9.94. The van der Waals surface area contributed by atoms with Gasteiger partial charge in [0.2, 0.25) is 0 Å². The van der Waals surface area contributed by atoms with Crippen LogP contribution in [0.1, 0.15) is 0 Å². The molecule has 0 atom stereocenters. The average molecular weight is 744 g/mol. The third kappa shape index (κ3) is 4.96. The van der Waals surface area contributed by atoms with Gasteiger partial charge in [0.25, 0.3) is 0 Å². The Labute approximate surface area is 333 Å². The van der Waals surface area contributed by atoms with Crippen LogP contribution in [0.15, 0.2) is 205 Å². The number of thiophene rings is 1. The molecule has 9 aromatic carbocycles. The summed E-state index contributed by atoms with van der Waals surface area (Å²) in [5.74, 6) is 0. The van der Waals surface area contributed by atoms with Gasteiger partial charge in [-0.25, -0.2) is 0 Å². The van der Waals surface area contributed by atoms with E-state index in [1.54, 1.807) is 0 Å². The van der Waals surface area contributed by atoms with Gasteiger partial charge in [-0.1, -0.05) is 164 Å². The van der Waals surface area contributed by atoms with Crippen LogP contribution in [0.25, 0.3) is 114 Å². The van der Waals surface area contributed by atoms with E-state index in [1.807, 2.05) is 17.4 Å². The average Bonchev–Trinajstić information content (AvgIpc) is 3.97. The standard InChI is InChI=1S/C54H33NOS/c1-4-14-34(15-5-1)37-26-30-47-45(32-37)46-33-38(35-16-6-2-7-17-35)27-31-48(46)55(47)49-24-13-23-44-51-41(29-28-39(54(51)57-53(44)49)36-18-8-3-9-19-36)43-22-12-21-42-40-20-10-11-25-50(40)56-52(42)43/h1-33H. The fourth-order valence-electron chi connectivity index (χ4n) is 9.00. The molecule has 0 aliphatic carbocycles. The van der Waals surface area contributed by atoms with Crippen molar-refractivity contribution in [3.63, 3.8) is 0 Å². The fourth-order valence-corrected chi connectivity index (χ4v) is 10.4. The quantitative estimate of drug-likeness (QED) is 0.172. The summed E-state index contributed by atoms with van der Waals surface area (Å²) in [7, 11) is 0. The number of para-hydroxylation sites is 2. The molecule has 0 unspecified atom stereocenters. The van der Waals surface area contributed by atoms with E-state index in [4.69, 9.17) is 4.42 Å². The molecule has 3 heteroatoms. The van der Waals surface area contributed by atoms with E-state index in [1.165, 1.54) is 86.6 Å². The number of hydrogen-bond acceptors (Lipinski definition) is 2. The molecule has 0 fully saturated rings. The summed E-state index contributed by atoms with van der Waals surface area (Å²) < 4.78 is 11.7. The minimum Gasteiger partial charge on any atom is -0.455 e. The minimum absolute atomic E-state index is 0.909.